The third-order valence-electron chi connectivity index (χ3n) is 3.34. The van der Waals surface area contributed by atoms with Crippen LogP contribution in [-0.4, -0.2) is 23.4 Å². The van der Waals surface area contributed by atoms with Gasteiger partial charge in [0.05, 0.1) is 11.9 Å². The number of carbonyl (C=O) groups is 1. The number of aldehydes is 1. The Morgan fingerprint density at radius 3 is 2.81 bits per heavy atom. The zero-order valence-electron chi connectivity index (χ0n) is 9.61. The third kappa shape index (κ3) is 2.32. The number of aromatic amines is 1. The summed E-state index contributed by atoms with van der Waals surface area (Å²) in [6.07, 6.45) is 8.60. The molecule has 1 aliphatic carbocycles. The molecule has 2 rings (SSSR count). The fourth-order valence-electron chi connectivity index (χ4n) is 2.52. The van der Waals surface area contributed by atoms with Gasteiger partial charge in [0.2, 0.25) is 0 Å². The molecular weight excluding hydrogens is 204 g/mol. The Labute approximate surface area is 95.4 Å². The van der Waals surface area contributed by atoms with E-state index in [-0.39, 0.29) is 6.10 Å². The van der Waals surface area contributed by atoms with Crippen molar-refractivity contribution < 1.29 is 9.53 Å². The van der Waals surface area contributed by atoms with E-state index in [4.69, 9.17) is 4.74 Å². The Morgan fingerprint density at radius 1 is 1.50 bits per heavy atom. The van der Waals surface area contributed by atoms with Gasteiger partial charge in [0.15, 0.2) is 6.29 Å². The van der Waals surface area contributed by atoms with Crippen molar-refractivity contribution in [1.29, 1.82) is 0 Å². The van der Waals surface area contributed by atoms with Gasteiger partial charge >= 0.3 is 0 Å². The quantitative estimate of drug-likeness (QED) is 0.796. The number of methoxy groups -OCH3 is 1. The number of aromatic nitrogens is 2. The molecule has 1 saturated carbocycles. The van der Waals surface area contributed by atoms with Gasteiger partial charge in [-0.25, -0.2) is 4.98 Å². The average Bonchev–Trinajstić information content (AvgIpc) is 2.80. The van der Waals surface area contributed by atoms with Crippen molar-refractivity contribution in [3.8, 4) is 0 Å². The Hall–Kier alpha value is -1.16. The smallest absolute Gasteiger partial charge is 0.167 e. The van der Waals surface area contributed by atoms with Gasteiger partial charge in [-0.15, -0.1) is 0 Å². The van der Waals surface area contributed by atoms with E-state index in [1.54, 1.807) is 13.3 Å². The number of rotatable bonds is 4. The maximum absolute atomic E-state index is 10.6. The van der Waals surface area contributed by atoms with E-state index in [9.17, 15) is 4.79 Å². The second-order valence-electron chi connectivity index (χ2n) is 4.40. The van der Waals surface area contributed by atoms with E-state index >= 15 is 0 Å². The monoisotopic (exact) mass is 222 g/mol. The summed E-state index contributed by atoms with van der Waals surface area (Å²) in [6, 6.07) is 0. The zero-order chi connectivity index (χ0) is 11.4. The van der Waals surface area contributed by atoms with E-state index in [1.165, 1.54) is 32.1 Å². The van der Waals surface area contributed by atoms with E-state index in [1.807, 2.05) is 0 Å². The van der Waals surface area contributed by atoms with Crippen molar-refractivity contribution in [1.82, 2.24) is 9.97 Å². The summed E-state index contributed by atoms with van der Waals surface area (Å²) in [4.78, 5) is 17.8. The highest BCUT2D eigenvalue weighted by atomic mass is 16.5. The van der Waals surface area contributed by atoms with Crippen molar-refractivity contribution in [2.75, 3.05) is 7.11 Å². The van der Waals surface area contributed by atoms with Gasteiger partial charge < -0.3 is 9.72 Å². The molecule has 0 aromatic carbocycles. The molecule has 4 nitrogen and oxygen atoms in total. The second-order valence-corrected chi connectivity index (χ2v) is 4.40. The summed E-state index contributed by atoms with van der Waals surface area (Å²) in [5.74, 6) is 1.32. The summed E-state index contributed by atoms with van der Waals surface area (Å²) < 4.78 is 5.52. The van der Waals surface area contributed by atoms with E-state index in [0.717, 1.165) is 12.1 Å². The Morgan fingerprint density at radius 2 is 2.25 bits per heavy atom. The maximum Gasteiger partial charge on any atom is 0.167 e. The molecule has 4 heteroatoms. The predicted octanol–water partition coefficient (Wildman–Crippen LogP) is 2.49. The zero-order valence-corrected chi connectivity index (χ0v) is 9.61. The first-order valence-corrected chi connectivity index (χ1v) is 5.88. The van der Waals surface area contributed by atoms with Crippen molar-refractivity contribution in [2.24, 2.45) is 5.92 Å². The lowest BCUT2D eigenvalue weighted by atomic mass is 9.85. The fraction of sp³-hybridized carbons (Fsp3) is 0.667. The molecule has 0 spiro atoms. The summed E-state index contributed by atoms with van der Waals surface area (Å²) in [5.41, 5.74) is 0.521. The van der Waals surface area contributed by atoms with Crippen LogP contribution in [0.25, 0.3) is 0 Å². The number of H-pyrrole nitrogens is 1. The van der Waals surface area contributed by atoms with Crippen molar-refractivity contribution in [2.45, 2.75) is 38.2 Å². The minimum atomic E-state index is 0.00833. The fourth-order valence-corrected chi connectivity index (χ4v) is 2.52. The largest absolute Gasteiger partial charge is 0.373 e. The first kappa shape index (κ1) is 11.3. The molecule has 1 aromatic rings. The van der Waals surface area contributed by atoms with Crippen LogP contribution < -0.4 is 0 Å². The van der Waals surface area contributed by atoms with Crippen LogP contribution >= 0.6 is 0 Å². The lowest BCUT2D eigenvalue weighted by Gasteiger charge is -2.27. The molecule has 1 fully saturated rings. The van der Waals surface area contributed by atoms with Crippen molar-refractivity contribution in [3.05, 3.63) is 17.7 Å². The average molecular weight is 222 g/mol. The minimum Gasteiger partial charge on any atom is -0.373 e. The molecule has 88 valence electrons. The highest BCUT2D eigenvalue weighted by molar-refractivity contribution is 5.71. The molecule has 0 bridgehead atoms. The summed E-state index contributed by atoms with van der Waals surface area (Å²) in [6.45, 7) is 0. The SMILES string of the molecule is COC(c1ncc(C=O)[nH]1)C1CCCCC1. The third-order valence-corrected chi connectivity index (χ3v) is 3.34. The second kappa shape index (κ2) is 5.25. The molecule has 1 aliphatic rings. The number of hydrogen-bond donors (Lipinski definition) is 1. The summed E-state index contributed by atoms with van der Waals surface area (Å²) in [5, 5.41) is 0. The number of carbonyl (C=O) groups excluding carboxylic acids is 1. The lowest BCUT2D eigenvalue weighted by Crippen LogP contribution is -2.19. The number of ether oxygens (including phenoxy) is 1. The number of hydrogen-bond acceptors (Lipinski definition) is 3. The van der Waals surface area contributed by atoms with Crippen LogP contribution in [0.1, 0.15) is 54.5 Å². The molecular formula is C12H18N2O2. The van der Waals surface area contributed by atoms with E-state index in [2.05, 4.69) is 9.97 Å². The van der Waals surface area contributed by atoms with Gasteiger partial charge in [0, 0.05) is 7.11 Å². The van der Waals surface area contributed by atoms with Gasteiger partial charge in [-0.2, -0.15) is 0 Å². The van der Waals surface area contributed by atoms with Crippen LogP contribution in [0.5, 0.6) is 0 Å². The van der Waals surface area contributed by atoms with Crippen molar-refractivity contribution in [3.63, 3.8) is 0 Å². The van der Waals surface area contributed by atoms with Gasteiger partial charge in [-0.1, -0.05) is 19.3 Å². The topological polar surface area (TPSA) is 55.0 Å². The highest BCUT2D eigenvalue weighted by Gasteiger charge is 2.26. The molecule has 0 saturated heterocycles. The standard InChI is InChI=1S/C12H18N2O2/c1-16-11(9-5-3-2-4-6-9)12-13-7-10(8-15)14-12/h7-9,11H,2-6H2,1H3,(H,13,14). The first-order chi connectivity index (χ1) is 7.85. The van der Waals surface area contributed by atoms with Crippen LogP contribution in [0.4, 0.5) is 0 Å². The molecule has 0 aliphatic heterocycles. The molecule has 0 radical (unpaired) electrons. The van der Waals surface area contributed by atoms with Crippen LogP contribution in [0, 0.1) is 5.92 Å². The molecule has 1 unspecified atom stereocenters. The number of imidazole rings is 1. The van der Waals surface area contributed by atoms with Gasteiger partial charge in [0.25, 0.3) is 0 Å². The lowest BCUT2D eigenvalue weighted by molar-refractivity contribution is 0.0295. The van der Waals surface area contributed by atoms with Crippen molar-refractivity contribution >= 4 is 6.29 Å². The van der Waals surface area contributed by atoms with Crippen LogP contribution in [0.15, 0.2) is 6.20 Å². The molecule has 1 N–H and O–H groups in total. The molecule has 16 heavy (non-hydrogen) atoms. The predicted molar refractivity (Wildman–Crippen MR) is 60.3 cm³/mol. The van der Waals surface area contributed by atoms with Crippen LogP contribution in [0.2, 0.25) is 0 Å². The van der Waals surface area contributed by atoms with E-state index in [0.29, 0.717) is 11.6 Å². The molecule has 1 heterocycles. The molecule has 1 aromatic heterocycles. The van der Waals surface area contributed by atoms with Gasteiger partial charge in [0.1, 0.15) is 11.9 Å². The van der Waals surface area contributed by atoms with Gasteiger partial charge in [-0.3, -0.25) is 4.79 Å². The first-order valence-electron chi connectivity index (χ1n) is 5.88. The normalized spacial score (nSPS) is 19.6. The Kier molecular flexibility index (Phi) is 3.72. The molecule has 1 atom stereocenters. The number of nitrogens with zero attached hydrogens (tertiary/aromatic N) is 1. The maximum atomic E-state index is 10.6. The van der Waals surface area contributed by atoms with Gasteiger partial charge in [-0.05, 0) is 18.8 Å². The van der Waals surface area contributed by atoms with Crippen LogP contribution in [-0.2, 0) is 4.74 Å². The summed E-state index contributed by atoms with van der Waals surface area (Å²) in [7, 11) is 1.71. The molecule has 0 amide bonds. The minimum absolute atomic E-state index is 0.00833. The highest BCUT2D eigenvalue weighted by Crippen LogP contribution is 2.35. The summed E-state index contributed by atoms with van der Waals surface area (Å²) >= 11 is 0. The van der Waals surface area contributed by atoms with Crippen LogP contribution in [0.3, 0.4) is 0 Å². The number of nitrogens with one attached hydrogen (secondary N) is 1. The van der Waals surface area contributed by atoms with E-state index < -0.39 is 0 Å². The Bertz CT molecular complexity index is 343. The Balaban J connectivity index is 2.10.